The number of sulfonamides is 1. The maximum atomic E-state index is 12.6. The second-order valence-electron chi connectivity index (χ2n) is 4.91. The molecule has 1 aromatic rings. The molecule has 1 saturated carbocycles. The maximum absolute atomic E-state index is 12.6. The molecule has 1 fully saturated rings. The third kappa shape index (κ3) is 2.48. The molecule has 0 amide bonds. The van der Waals surface area contributed by atoms with Crippen molar-refractivity contribution < 1.29 is 13.3 Å². The number of para-hydroxylation sites is 1. The Morgan fingerprint density at radius 3 is 2.50 bits per heavy atom. The first-order valence-corrected chi connectivity index (χ1v) is 7.80. The number of nitro groups is 1. The third-order valence-electron chi connectivity index (χ3n) is 3.71. The number of hydrogen-bond acceptors (Lipinski definition) is 5. The standard InChI is InChI=1S/C12H17N3O4S/c1-14(9-5-2-3-6-9)20(18,19)11-8-4-7-10(13)12(11)15(16)17/h4,7-9H,2-3,5-6,13H2,1H3. The first-order valence-electron chi connectivity index (χ1n) is 6.36. The van der Waals surface area contributed by atoms with Crippen LogP contribution in [0.4, 0.5) is 11.4 Å². The van der Waals surface area contributed by atoms with Crippen LogP contribution < -0.4 is 5.73 Å². The highest BCUT2D eigenvalue weighted by atomic mass is 32.2. The second-order valence-corrected chi connectivity index (χ2v) is 6.88. The zero-order chi connectivity index (χ0) is 14.9. The van der Waals surface area contributed by atoms with Gasteiger partial charge in [0, 0.05) is 13.1 Å². The molecule has 0 heterocycles. The zero-order valence-corrected chi connectivity index (χ0v) is 12.0. The average Bonchev–Trinajstić information content (AvgIpc) is 2.90. The number of nitrogen functional groups attached to an aromatic ring is 1. The molecule has 7 nitrogen and oxygen atoms in total. The summed E-state index contributed by atoms with van der Waals surface area (Å²) in [4.78, 5) is 9.99. The first-order chi connectivity index (χ1) is 9.35. The number of nitrogens with zero attached hydrogens (tertiary/aromatic N) is 2. The van der Waals surface area contributed by atoms with Crippen molar-refractivity contribution in [2.24, 2.45) is 0 Å². The topological polar surface area (TPSA) is 107 Å². The van der Waals surface area contributed by atoms with Crippen LogP contribution in [0.3, 0.4) is 0 Å². The summed E-state index contributed by atoms with van der Waals surface area (Å²) in [6, 6.07) is 3.88. The summed E-state index contributed by atoms with van der Waals surface area (Å²) in [5.74, 6) is 0. The normalized spacial score (nSPS) is 16.7. The number of anilines is 1. The van der Waals surface area contributed by atoms with Crippen LogP contribution in [0.5, 0.6) is 0 Å². The Kier molecular flexibility index (Phi) is 3.96. The minimum Gasteiger partial charge on any atom is -0.393 e. The molecular formula is C12H17N3O4S. The molecule has 1 aromatic carbocycles. The summed E-state index contributed by atoms with van der Waals surface area (Å²) in [6.45, 7) is 0. The Balaban J connectivity index is 2.49. The van der Waals surface area contributed by atoms with Crippen molar-refractivity contribution in [1.29, 1.82) is 0 Å². The molecule has 0 unspecified atom stereocenters. The highest BCUT2D eigenvalue weighted by Crippen LogP contribution is 2.34. The Morgan fingerprint density at radius 2 is 1.95 bits per heavy atom. The predicted octanol–water partition coefficient (Wildman–Crippen LogP) is 1.74. The summed E-state index contributed by atoms with van der Waals surface area (Å²) in [5.41, 5.74) is 4.86. The van der Waals surface area contributed by atoms with E-state index in [0.29, 0.717) is 0 Å². The minimum absolute atomic E-state index is 0.0963. The van der Waals surface area contributed by atoms with Crippen molar-refractivity contribution in [3.8, 4) is 0 Å². The fraction of sp³-hybridized carbons (Fsp3) is 0.500. The Labute approximate surface area is 117 Å². The van der Waals surface area contributed by atoms with Crippen LogP contribution in [0.25, 0.3) is 0 Å². The van der Waals surface area contributed by atoms with Crippen LogP contribution >= 0.6 is 0 Å². The third-order valence-corrected chi connectivity index (χ3v) is 5.65. The van der Waals surface area contributed by atoms with Gasteiger partial charge in [0.05, 0.1) is 4.92 Å². The van der Waals surface area contributed by atoms with Crippen molar-refractivity contribution in [3.05, 3.63) is 28.3 Å². The van der Waals surface area contributed by atoms with E-state index in [1.165, 1.54) is 29.6 Å². The van der Waals surface area contributed by atoms with E-state index in [-0.39, 0.29) is 16.6 Å². The van der Waals surface area contributed by atoms with E-state index >= 15 is 0 Å². The molecule has 0 atom stereocenters. The maximum Gasteiger partial charge on any atom is 0.312 e. The van der Waals surface area contributed by atoms with Crippen LogP contribution in [0.15, 0.2) is 23.1 Å². The minimum atomic E-state index is -3.91. The van der Waals surface area contributed by atoms with Gasteiger partial charge >= 0.3 is 5.69 Å². The van der Waals surface area contributed by atoms with Gasteiger partial charge in [0.25, 0.3) is 0 Å². The van der Waals surface area contributed by atoms with Crippen molar-refractivity contribution in [2.45, 2.75) is 36.6 Å². The molecule has 2 N–H and O–H groups in total. The molecule has 0 aromatic heterocycles. The van der Waals surface area contributed by atoms with E-state index in [2.05, 4.69) is 0 Å². The van der Waals surface area contributed by atoms with Gasteiger partial charge < -0.3 is 5.73 Å². The summed E-state index contributed by atoms with van der Waals surface area (Å²) < 4.78 is 26.4. The fourth-order valence-corrected chi connectivity index (χ4v) is 4.16. The van der Waals surface area contributed by atoms with E-state index in [1.54, 1.807) is 0 Å². The van der Waals surface area contributed by atoms with E-state index in [0.717, 1.165) is 25.7 Å². The predicted molar refractivity (Wildman–Crippen MR) is 74.7 cm³/mol. The van der Waals surface area contributed by atoms with Crippen LogP contribution in [0.1, 0.15) is 25.7 Å². The largest absolute Gasteiger partial charge is 0.393 e. The van der Waals surface area contributed by atoms with Crippen LogP contribution in [-0.2, 0) is 10.0 Å². The Bertz CT molecular complexity index is 624. The lowest BCUT2D eigenvalue weighted by molar-refractivity contribution is -0.386. The van der Waals surface area contributed by atoms with Crippen molar-refractivity contribution in [2.75, 3.05) is 12.8 Å². The molecule has 0 spiro atoms. The molecule has 2 rings (SSSR count). The van der Waals surface area contributed by atoms with Crippen molar-refractivity contribution in [1.82, 2.24) is 4.31 Å². The molecular weight excluding hydrogens is 282 g/mol. The van der Waals surface area contributed by atoms with Gasteiger partial charge in [-0.05, 0) is 25.0 Å². The Hall–Kier alpha value is -1.67. The van der Waals surface area contributed by atoms with Crippen LogP contribution in [0.2, 0.25) is 0 Å². The first kappa shape index (κ1) is 14.7. The molecule has 8 heteroatoms. The molecule has 1 aliphatic carbocycles. The van der Waals surface area contributed by atoms with Gasteiger partial charge in [-0.3, -0.25) is 10.1 Å². The van der Waals surface area contributed by atoms with Gasteiger partial charge in [-0.25, -0.2) is 8.42 Å². The molecule has 0 radical (unpaired) electrons. The average molecular weight is 299 g/mol. The van der Waals surface area contributed by atoms with E-state index < -0.39 is 20.6 Å². The number of benzene rings is 1. The van der Waals surface area contributed by atoms with Gasteiger partial charge in [-0.2, -0.15) is 4.31 Å². The van der Waals surface area contributed by atoms with Gasteiger partial charge in [-0.1, -0.05) is 18.9 Å². The lowest BCUT2D eigenvalue weighted by Gasteiger charge is -2.23. The lowest BCUT2D eigenvalue weighted by Crippen LogP contribution is -2.35. The molecule has 20 heavy (non-hydrogen) atoms. The summed E-state index contributed by atoms with van der Waals surface area (Å²) in [7, 11) is -2.44. The quantitative estimate of drug-likeness (QED) is 0.517. The number of rotatable bonds is 4. The summed E-state index contributed by atoms with van der Waals surface area (Å²) >= 11 is 0. The second kappa shape index (κ2) is 5.37. The van der Waals surface area contributed by atoms with E-state index in [1.807, 2.05) is 0 Å². The van der Waals surface area contributed by atoms with Crippen molar-refractivity contribution >= 4 is 21.4 Å². The Morgan fingerprint density at radius 1 is 1.35 bits per heavy atom. The van der Waals surface area contributed by atoms with E-state index in [4.69, 9.17) is 5.73 Å². The van der Waals surface area contributed by atoms with Gasteiger partial charge in [0.1, 0.15) is 5.69 Å². The lowest BCUT2D eigenvalue weighted by atomic mass is 10.3. The molecule has 1 aliphatic rings. The molecule has 0 bridgehead atoms. The highest BCUT2D eigenvalue weighted by Gasteiger charge is 2.35. The molecule has 0 saturated heterocycles. The van der Waals surface area contributed by atoms with Crippen molar-refractivity contribution in [3.63, 3.8) is 0 Å². The highest BCUT2D eigenvalue weighted by molar-refractivity contribution is 7.89. The van der Waals surface area contributed by atoms with Gasteiger partial charge in [0.2, 0.25) is 10.0 Å². The van der Waals surface area contributed by atoms with Gasteiger partial charge in [0.15, 0.2) is 4.90 Å². The molecule has 110 valence electrons. The number of nitrogens with two attached hydrogens (primary N) is 1. The van der Waals surface area contributed by atoms with Gasteiger partial charge in [-0.15, -0.1) is 0 Å². The van der Waals surface area contributed by atoms with Crippen LogP contribution in [0, 0.1) is 10.1 Å². The summed E-state index contributed by atoms with van der Waals surface area (Å²) in [6.07, 6.45) is 3.52. The van der Waals surface area contributed by atoms with Crippen LogP contribution in [-0.4, -0.2) is 30.7 Å². The number of nitro benzene ring substituents is 1. The van der Waals surface area contributed by atoms with E-state index in [9.17, 15) is 18.5 Å². The monoisotopic (exact) mass is 299 g/mol. The summed E-state index contributed by atoms with van der Waals surface area (Å²) in [5, 5.41) is 11.1. The molecule has 0 aliphatic heterocycles. The SMILES string of the molecule is CN(C1CCCC1)S(=O)(=O)c1cccc(N)c1[N+](=O)[O-]. The fourth-order valence-electron chi connectivity index (χ4n) is 2.56. The number of hydrogen-bond donors (Lipinski definition) is 1. The zero-order valence-electron chi connectivity index (χ0n) is 11.2. The smallest absolute Gasteiger partial charge is 0.312 e.